The van der Waals surface area contributed by atoms with Crippen LogP contribution >= 0.6 is 0 Å². The van der Waals surface area contributed by atoms with Crippen molar-refractivity contribution in [2.75, 3.05) is 46.1 Å². The number of ether oxygens (including phenoxy) is 3. The van der Waals surface area contributed by atoms with Crippen molar-refractivity contribution in [2.24, 2.45) is 5.73 Å². The molecule has 1 saturated carbocycles. The van der Waals surface area contributed by atoms with Crippen LogP contribution in [0.15, 0.2) is 76.5 Å². The zero-order chi connectivity index (χ0) is 35.6. The first kappa shape index (κ1) is 36.7. The molecule has 2 atom stereocenters. The highest BCUT2D eigenvalue weighted by molar-refractivity contribution is 7.93. The lowest BCUT2D eigenvalue weighted by atomic mass is 9.88. The average molecular weight is 730 g/mol. The predicted octanol–water partition coefficient (Wildman–Crippen LogP) is 2.85. The van der Waals surface area contributed by atoms with Gasteiger partial charge in [0, 0.05) is 32.2 Å². The first-order valence-electron chi connectivity index (χ1n) is 17.1. The molecule has 2 aliphatic heterocycles. The third-order valence-electron chi connectivity index (χ3n) is 10.1. The van der Waals surface area contributed by atoms with Crippen molar-refractivity contribution >= 4 is 19.9 Å². The molecule has 2 heterocycles. The van der Waals surface area contributed by atoms with E-state index in [2.05, 4.69) is 5.32 Å². The molecule has 50 heavy (non-hydrogen) atoms. The van der Waals surface area contributed by atoms with E-state index < -0.39 is 42.9 Å². The van der Waals surface area contributed by atoms with E-state index in [4.69, 9.17) is 19.9 Å². The van der Waals surface area contributed by atoms with E-state index in [1.807, 2.05) is 37.3 Å². The summed E-state index contributed by atoms with van der Waals surface area (Å²) in [5.41, 5.74) is 7.94. The first-order valence-corrected chi connectivity index (χ1v) is 20.1. The number of aliphatic hydroxyl groups excluding tert-OH is 2. The maximum absolute atomic E-state index is 14.0. The Morgan fingerprint density at radius 2 is 1.70 bits per heavy atom. The smallest absolute Gasteiger partial charge is 0.246 e. The highest BCUT2D eigenvalue weighted by atomic mass is 32.2. The minimum absolute atomic E-state index is 0.0265. The Balaban J connectivity index is 1.01. The number of sulfone groups is 1. The molecule has 1 spiro atoms. The fraction of sp³-hybridized carbons (Fsp3) is 0.500. The predicted molar refractivity (Wildman–Crippen MR) is 188 cm³/mol. The standard InChI is InChI=1S/C36H47N3O9S2/c1-2-46-33-11-10-28(27-8-6-26(21-37)7-9-27)18-34(33)50(44,45)39-16-14-35(15-17-39)20-29(23-48-35)38-22-30(41)24-47-31-4-3-5-32(19-31)49(42,43)36(25-40)12-13-36/h3-11,18-19,29-30,38,40-41H,2,12-17,20-25,37H2,1H3/t29-,30+/m1/s1. The van der Waals surface area contributed by atoms with Crippen LogP contribution < -0.4 is 20.5 Å². The summed E-state index contributed by atoms with van der Waals surface area (Å²) in [5.74, 6) is 0.648. The van der Waals surface area contributed by atoms with E-state index in [9.17, 15) is 27.0 Å². The Morgan fingerprint density at radius 1 is 0.980 bits per heavy atom. The molecule has 0 amide bonds. The van der Waals surface area contributed by atoms with Crippen LogP contribution in [-0.4, -0.2) is 99.9 Å². The van der Waals surface area contributed by atoms with Crippen molar-refractivity contribution in [1.82, 2.24) is 9.62 Å². The lowest BCUT2D eigenvalue weighted by Gasteiger charge is -2.38. The highest BCUT2D eigenvalue weighted by Crippen LogP contribution is 2.46. The second-order valence-corrected chi connectivity index (χ2v) is 17.7. The molecule has 0 bridgehead atoms. The normalized spacial score (nSPS) is 20.8. The quantitative estimate of drug-likeness (QED) is 0.181. The third-order valence-corrected chi connectivity index (χ3v) is 14.6. The molecule has 3 aromatic rings. The first-order chi connectivity index (χ1) is 23.9. The van der Waals surface area contributed by atoms with Gasteiger partial charge in [-0.25, -0.2) is 16.8 Å². The third kappa shape index (κ3) is 7.58. The van der Waals surface area contributed by atoms with Gasteiger partial charge in [0.2, 0.25) is 10.0 Å². The largest absolute Gasteiger partial charge is 0.492 e. The Hall–Kier alpha value is -3.08. The van der Waals surface area contributed by atoms with Gasteiger partial charge in [-0.3, -0.25) is 0 Å². The number of hydrogen-bond donors (Lipinski definition) is 4. The minimum atomic E-state index is -3.86. The van der Waals surface area contributed by atoms with Crippen molar-refractivity contribution in [1.29, 1.82) is 0 Å². The van der Waals surface area contributed by atoms with Crippen molar-refractivity contribution < 1.29 is 41.3 Å². The van der Waals surface area contributed by atoms with Gasteiger partial charge in [-0.2, -0.15) is 4.31 Å². The summed E-state index contributed by atoms with van der Waals surface area (Å²) in [6.07, 6.45) is 1.76. The Morgan fingerprint density at radius 3 is 2.36 bits per heavy atom. The van der Waals surface area contributed by atoms with Crippen LogP contribution in [0.3, 0.4) is 0 Å². The summed E-state index contributed by atoms with van der Waals surface area (Å²) in [4.78, 5) is 0.239. The van der Waals surface area contributed by atoms with E-state index >= 15 is 0 Å². The van der Waals surface area contributed by atoms with Crippen LogP contribution in [-0.2, 0) is 31.1 Å². The van der Waals surface area contributed by atoms with E-state index in [1.165, 1.54) is 16.4 Å². The number of hydrogen-bond acceptors (Lipinski definition) is 11. The molecule has 2 saturated heterocycles. The van der Waals surface area contributed by atoms with Crippen LogP contribution in [0.4, 0.5) is 0 Å². The fourth-order valence-electron chi connectivity index (χ4n) is 6.78. The van der Waals surface area contributed by atoms with Crippen LogP contribution in [0.2, 0.25) is 0 Å². The molecule has 3 aromatic carbocycles. The highest BCUT2D eigenvalue weighted by Gasteiger charge is 2.54. The lowest BCUT2D eigenvalue weighted by Crippen LogP contribution is -2.47. The molecule has 272 valence electrons. The van der Waals surface area contributed by atoms with Gasteiger partial charge in [0.15, 0.2) is 9.84 Å². The van der Waals surface area contributed by atoms with E-state index in [1.54, 1.807) is 24.3 Å². The number of nitrogens with one attached hydrogen (secondary N) is 1. The molecule has 5 N–H and O–H groups in total. The molecule has 3 aliphatic rings. The molecule has 0 aromatic heterocycles. The zero-order valence-corrected chi connectivity index (χ0v) is 29.9. The number of nitrogens with zero attached hydrogens (tertiary/aromatic N) is 1. The number of aliphatic hydroxyl groups is 2. The molecular weight excluding hydrogens is 683 g/mol. The summed E-state index contributed by atoms with van der Waals surface area (Å²) >= 11 is 0. The van der Waals surface area contributed by atoms with Crippen molar-refractivity contribution in [3.8, 4) is 22.6 Å². The van der Waals surface area contributed by atoms with Gasteiger partial charge >= 0.3 is 0 Å². The number of rotatable bonds is 15. The number of benzene rings is 3. The molecule has 12 nitrogen and oxygen atoms in total. The van der Waals surface area contributed by atoms with E-state index in [-0.39, 0.29) is 29.0 Å². The average Bonchev–Trinajstić information content (AvgIpc) is 3.86. The van der Waals surface area contributed by atoms with Crippen LogP contribution in [0.1, 0.15) is 44.6 Å². The fourth-order valence-corrected chi connectivity index (χ4v) is 10.2. The molecule has 14 heteroatoms. The molecule has 1 aliphatic carbocycles. The second-order valence-electron chi connectivity index (χ2n) is 13.5. The van der Waals surface area contributed by atoms with Gasteiger partial charge in [0.05, 0.1) is 35.1 Å². The SMILES string of the molecule is CCOc1ccc(-c2ccc(CN)cc2)cc1S(=O)(=O)N1CCC2(CC1)C[C@@H](NC[C@H](O)COc1cccc(S(=O)(=O)C3(CO)CC3)c1)CO2. The van der Waals surface area contributed by atoms with Crippen LogP contribution in [0.25, 0.3) is 11.1 Å². The van der Waals surface area contributed by atoms with Gasteiger partial charge in [0.25, 0.3) is 0 Å². The molecule has 3 fully saturated rings. The zero-order valence-electron chi connectivity index (χ0n) is 28.3. The van der Waals surface area contributed by atoms with Gasteiger partial charge < -0.3 is 35.5 Å². The summed E-state index contributed by atoms with van der Waals surface area (Å²) in [6, 6.07) is 19.1. The van der Waals surface area contributed by atoms with Gasteiger partial charge in [-0.1, -0.05) is 36.4 Å². The van der Waals surface area contributed by atoms with Gasteiger partial charge in [0.1, 0.15) is 29.1 Å². The molecule has 6 rings (SSSR count). The minimum Gasteiger partial charge on any atom is -0.492 e. The summed E-state index contributed by atoms with van der Waals surface area (Å²) in [6.45, 7) is 3.42. The maximum atomic E-state index is 14.0. The maximum Gasteiger partial charge on any atom is 0.246 e. The summed E-state index contributed by atoms with van der Waals surface area (Å²) in [7, 11) is -7.54. The van der Waals surface area contributed by atoms with E-state index in [0.29, 0.717) is 76.5 Å². The van der Waals surface area contributed by atoms with Crippen LogP contribution in [0, 0.1) is 0 Å². The number of nitrogens with two attached hydrogens (primary N) is 1. The van der Waals surface area contributed by atoms with Crippen LogP contribution in [0.5, 0.6) is 11.5 Å². The number of sulfonamides is 1. The molecule has 0 unspecified atom stereocenters. The topological polar surface area (TPSA) is 178 Å². The monoisotopic (exact) mass is 729 g/mol. The summed E-state index contributed by atoms with van der Waals surface area (Å²) in [5, 5.41) is 23.6. The van der Waals surface area contributed by atoms with Gasteiger partial charge in [-0.05, 0) is 86.1 Å². The Bertz CT molecular complexity index is 1860. The van der Waals surface area contributed by atoms with Crippen molar-refractivity contribution in [3.05, 3.63) is 72.3 Å². The van der Waals surface area contributed by atoms with Crippen molar-refractivity contribution in [2.45, 2.75) is 77.9 Å². The van der Waals surface area contributed by atoms with Crippen molar-refractivity contribution in [3.63, 3.8) is 0 Å². The molecule has 0 radical (unpaired) electrons. The number of piperidine rings is 1. The van der Waals surface area contributed by atoms with Gasteiger partial charge in [-0.15, -0.1) is 0 Å². The molecular formula is C36H47N3O9S2. The van der Waals surface area contributed by atoms with E-state index in [0.717, 1.165) is 16.7 Å². The Labute approximate surface area is 294 Å². The lowest BCUT2D eigenvalue weighted by molar-refractivity contribution is -0.0312. The second kappa shape index (κ2) is 14.9. The Kier molecular flexibility index (Phi) is 10.9. The summed E-state index contributed by atoms with van der Waals surface area (Å²) < 4.78 is 72.0.